The molecule has 1 atom stereocenters. The van der Waals surface area contributed by atoms with Crippen molar-refractivity contribution in [2.75, 3.05) is 17.7 Å². The van der Waals surface area contributed by atoms with Crippen LogP contribution in [-0.4, -0.2) is 24.3 Å². The van der Waals surface area contributed by atoms with E-state index in [0.717, 1.165) is 11.4 Å². The van der Waals surface area contributed by atoms with Crippen molar-refractivity contribution in [1.29, 1.82) is 0 Å². The van der Waals surface area contributed by atoms with Crippen LogP contribution >= 0.6 is 11.6 Å². The molecular formula is C12H14ClNO2. The Bertz CT molecular complexity index is 381. The Morgan fingerprint density at radius 3 is 3.12 bits per heavy atom. The second kappa shape index (κ2) is 5.21. The van der Waals surface area contributed by atoms with Crippen LogP contribution in [0.1, 0.15) is 12.8 Å². The molecule has 0 aliphatic carbocycles. The number of ether oxygens (including phenoxy) is 1. The molecule has 1 N–H and O–H groups in total. The summed E-state index contributed by atoms with van der Waals surface area (Å²) in [6.45, 7) is 0.540. The third-order valence-corrected chi connectivity index (χ3v) is 2.82. The summed E-state index contributed by atoms with van der Waals surface area (Å²) in [5.74, 6) is 1.38. The van der Waals surface area contributed by atoms with Crippen molar-refractivity contribution in [2.24, 2.45) is 0 Å². The number of para-hydroxylation sites is 2. The minimum atomic E-state index is -0.377. The van der Waals surface area contributed by atoms with Crippen LogP contribution in [-0.2, 0) is 4.79 Å². The van der Waals surface area contributed by atoms with Gasteiger partial charge in [-0.15, -0.1) is 11.6 Å². The number of carbonyl (C=O) groups excluding carboxylic acids is 1. The highest BCUT2D eigenvalue weighted by Crippen LogP contribution is 2.28. The number of anilines is 1. The molecule has 1 heterocycles. The second-order valence-corrected chi connectivity index (χ2v) is 4.12. The van der Waals surface area contributed by atoms with Gasteiger partial charge in [-0.05, 0) is 18.6 Å². The fourth-order valence-electron chi connectivity index (χ4n) is 1.69. The lowest BCUT2D eigenvalue weighted by Crippen LogP contribution is -2.37. The molecule has 0 saturated heterocycles. The maximum atomic E-state index is 11.7. The van der Waals surface area contributed by atoms with Gasteiger partial charge in [0.2, 0.25) is 0 Å². The third kappa shape index (κ3) is 2.47. The summed E-state index contributed by atoms with van der Waals surface area (Å²) in [6.07, 6.45) is 0.818. The molecule has 0 amide bonds. The van der Waals surface area contributed by atoms with Crippen LogP contribution in [0.15, 0.2) is 24.3 Å². The average Bonchev–Trinajstić information content (AvgIpc) is 2.35. The van der Waals surface area contributed by atoms with Gasteiger partial charge < -0.3 is 10.1 Å². The van der Waals surface area contributed by atoms with Crippen LogP contribution in [0.5, 0.6) is 5.75 Å². The molecule has 0 spiro atoms. The van der Waals surface area contributed by atoms with Crippen molar-refractivity contribution in [1.82, 2.24) is 0 Å². The summed E-state index contributed by atoms with van der Waals surface area (Å²) >= 11 is 5.56. The number of Topliss-reactive ketones (excluding diaryl/α,β-unsaturated/α-hetero) is 1. The molecule has 16 heavy (non-hydrogen) atoms. The monoisotopic (exact) mass is 239 g/mol. The van der Waals surface area contributed by atoms with Crippen molar-refractivity contribution in [2.45, 2.75) is 18.9 Å². The van der Waals surface area contributed by atoms with Gasteiger partial charge in [0.05, 0.1) is 12.2 Å². The molecule has 1 aromatic carbocycles. The lowest BCUT2D eigenvalue weighted by atomic mass is 10.1. The van der Waals surface area contributed by atoms with Crippen LogP contribution in [0, 0.1) is 0 Å². The number of ketones is 1. The fraction of sp³-hybridized carbons (Fsp3) is 0.417. The first-order chi connectivity index (χ1) is 7.81. The molecule has 0 bridgehead atoms. The SMILES string of the molecule is O=C(CCCCl)C1CNc2ccccc2O1. The number of nitrogens with one attached hydrogen (secondary N) is 1. The second-order valence-electron chi connectivity index (χ2n) is 3.74. The molecular weight excluding hydrogens is 226 g/mol. The smallest absolute Gasteiger partial charge is 0.175 e. The number of halogens is 1. The quantitative estimate of drug-likeness (QED) is 0.821. The van der Waals surface area contributed by atoms with E-state index >= 15 is 0 Å². The minimum absolute atomic E-state index is 0.114. The summed E-state index contributed by atoms with van der Waals surface area (Å²) < 4.78 is 5.64. The maximum absolute atomic E-state index is 11.7. The van der Waals surface area contributed by atoms with Gasteiger partial charge in [-0.3, -0.25) is 4.79 Å². The molecule has 1 aliphatic rings. The molecule has 0 fully saturated rings. The Kier molecular flexibility index (Phi) is 3.67. The number of hydrogen-bond acceptors (Lipinski definition) is 3. The zero-order chi connectivity index (χ0) is 11.4. The topological polar surface area (TPSA) is 38.3 Å². The van der Waals surface area contributed by atoms with Gasteiger partial charge in [0.25, 0.3) is 0 Å². The molecule has 0 radical (unpaired) electrons. The summed E-state index contributed by atoms with van der Waals surface area (Å²) in [7, 11) is 0. The van der Waals surface area contributed by atoms with Crippen LogP contribution in [0.4, 0.5) is 5.69 Å². The molecule has 1 unspecified atom stereocenters. The fourth-order valence-corrected chi connectivity index (χ4v) is 1.83. The number of benzene rings is 1. The van der Waals surface area contributed by atoms with Gasteiger partial charge >= 0.3 is 0 Å². The molecule has 0 saturated carbocycles. The normalized spacial score (nSPS) is 18.2. The lowest BCUT2D eigenvalue weighted by Gasteiger charge is -2.26. The predicted octanol–water partition coefficient (Wildman–Crippen LogP) is 2.45. The molecule has 86 valence electrons. The van der Waals surface area contributed by atoms with Crippen molar-refractivity contribution in [3.05, 3.63) is 24.3 Å². The van der Waals surface area contributed by atoms with E-state index in [1.54, 1.807) is 0 Å². The van der Waals surface area contributed by atoms with Gasteiger partial charge in [0, 0.05) is 12.3 Å². The summed E-state index contributed by atoms with van der Waals surface area (Å²) in [6, 6.07) is 7.63. The maximum Gasteiger partial charge on any atom is 0.175 e. The third-order valence-electron chi connectivity index (χ3n) is 2.55. The molecule has 0 aromatic heterocycles. The highest BCUT2D eigenvalue weighted by molar-refractivity contribution is 6.17. The van der Waals surface area contributed by atoms with E-state index in [2.05, 4.69) is 5.32 Å². The van der Waals surface area contributed by atoms with Gasteiger partial charge in [0.1, 0.15) is 5.75 Å². The molecule has 2 rings (SSSR count). The molecule has 1 aliphatic heterocycles. The van der Waals surface area contributed by atoms with Crippen molar-refractivity contribution in [3.63, 3.8) is 0 Å². The van der Waals surface area contributed by atoms with Gasteiger partial charge in [-0.25, -0.2) is 0 Å². The first kappa shape index (κ1) is 11.3. The standard InChI is InChI=1S/C12H14ClNO2/c13-7-3-5-10(15)12-8-14-9-4-1-2-6-11(9)16-12/h1-2,4,6,12,14H,3,5,7-8H2. The molecule has 3 nitrogen and oxygen atoms in total. The Balaban J connectivity index is 1.99. The zero-order valence-electron chi connectivity index (χ0n) is 8.91. The van der Waals surface area contributed by atoms with E-state index in [4.69, 9.17) is 16.3 Å². The Labute approximate surface area is 99.7 Å². The number of rotatable bonds is 4. The Hall–Kier alpha value is -1.22. The molecule has 1 aromatic rings. The van der Waals surface area contributed by atoms with Gasteiger partial charge in [-0.2, -0.15) is 0 Å². The number of carbonyl (C=O) groups is 1. The van der Waals surface area contributed by atoms with Gasteiger partial charge in [-0.1, -0.05) is 12.1 Å². The number of alkyl halides is 1. The van der Waals surface area contributed by atoms with Crippen LogP contribution in [0.25, 0.3) is 0 Å². The largest absolute Gasteiger partial charge is 0.479 e. The van der Waals surface area contributed by atoms with E-state index in [0.29, 0.717) is 25.3 Å². The van der Waals surface area contributed by atoms with Crippen molar-refractivity contribution < 1.29 is 9.53 Å². The summed E-state index contributed by atoms with van der Waals surface area (Å²) in [5, 5.41) is 3.19. The highest BCUT2D eigenvalue weighted by Gasteiger charge is 2.24. The number of fused-ring (bicyclic) bond motifs is 1. The van der Waals surface area contributed by atoms with Crippen molar-refractivity contribution in [3.8, 4) is 5.75 Å². The lowest BCUT2D eigenvalue weighted by molar-refractivity contribution is -0.125. The highest BCUT2D eigenvalue weighted by atomic mass is 35.5. The zero-order valence-corrected chi connectivity index (χ0v) is 9.67. The molecule has 4 heteroatoms. The van der Waals surface area contributed by atoms with Crippen LogP contribution in [0.3, 0.4) is 0 Å². The number of hydrogen-bond donors (Lipinski definition) is 1. The summed E-state index contributed by atoms with van der Waals surface area (Å²) in [5.41, 5.74) is 0.948. The van der Waals surface area contributed by atoms with Crippen LogP contribution < -0.4 is 10.1 Å². The van der Waals surface area contributed by atoms with E-state index in [1.807, 2.05) is 24.3 Å². The van der Waals surface area contributed by atoms with Gasteiger partial charge in [0.15, 0.2) is 11.9 Å². The minimum Gasteiger partial charge on any atom is -0.479 e. The van der Waals surface area contributed by atoms with Crippen molar-refractivity contribution >= 4 is 23.1 Å². The first-order valence-corrected chi connectivity index (χ1v) is 5.93. The predicted molar refractivity (Wildman–Crippen MR) is 64.3 cm³/mol. The average molecular weight is 240 g/mol. The van der Waals surface area contributed by atoms with E-state index in [1.165, 1.54) is 0 Å². The first-order valence-electron chi connectivity index (χ1n) is 5.39. The van der Waals surface area contributed by atoms with E-state index < -0.39 is 0 Å². The Morgan fingerprint density at radius 2 is 2.31 bits per heavy atom. The van der Waals surface area contributed by atoms with Crippen LogP contribution in [0.2, 0.25) is 0 Å². The van der Waals surface area contributed by atoms with E-state index in [-0.39, 0.29) is 11.9 Å². The summed E-state index contributed by atoms with van der Waals surface area (Å²) in [4.78, 5) is 11.7. The Morgan fingerprint density at radius 1 is 1.50 bits per heavy atom. The van der Waals surface area contributed by atoms with E-state index in [9.17, 15) is 4.79 Å².